The van der Waals surface area contributed by atoms with Crippen LogP contribution in [-0.2, 0) is 4.74 Å². The maximum absolute atomic E-state index is 10.2. The first-order valence-corrected chi connectivity index (χ1v) is 2.51. The summed E-state index contributed by atoms with van der Waals surface area (Å²) in [7, 11) is 0. The minimum absolute atomic E-state index is 0.163. The zero-order valence-corrected chi connectivity index (χ0v) is 4.57. The third kappa shape index (κ3) is 1.30. The second kappa shape index (κ2) is 2.20. The maximum Gasteiger partial charge on any atom is 0.407 e. The Kier molecular flexibility index (Phi) is 1.54. The van der Waals surface area contributed by atoms with Crippen LogP contribution in [-0.4, -0.2) is 35.2 Å². The predicted molar refractivity (Wildman–Crippen MR) is 26.5 cm³/mol. The highest BCUT2D eigenvalue weighted by Crippen LogP contribution is 2.01. The fourth-order valence-electron chi connectivity index (χ4n) is 0.571. The molecule has 0 aromatic rings. The van der Waals surface area contributed by atoms with Gasteiger partial charge >= 0.3 is 6.09 Å². The first kappa shape index (κ1) is 6.31. The molecule has 3 N–H and O–H groups in total. The number of nitrogens with one attached hydrogen (secondary N) is 1. The highest BCUT2D eigenvalue weighted by molar-refractivity contribution is 5.69. The van der Waals surface area contributed by atoms with E-state index in [-0.39, 0.29) is 6.54 Å². The Labute approximate surface area is 51.2 Å². The van der Waals surface area contributed by atoms with Gasteiger partial charge in [-0.1, -0.05) is 0 Å². The van der Waals surface area contributed by atoms with Crippen LogP contribution in [0.1, 0.15) is 0 Å². The first-order valence-electron chi connectivity index (χ1n) is 2.51. The minimum atomic E-state index is -1.58. The van der Waals surface area contributed by atoms with Crippen LogP contribution in [0.25, 0.3) is 0 Å². The number of alkyl carbamates (subject to hydrolysis) is 1. The van der Waals surface area contributed by atoms with Crippen LogP contribution in [0.4, 0.5) is 4.79 Å². The molecule has 0 radical (unpaired) electrons. The summed E-state index contributed by atoms with van der Waals surface area (Å²) in [5, 5.41) is 19.1. The van der Waals surface area contributed by atoms with Gasteiger partial charge in [-0.25, -0.2) is 4.79 Å². The zero-order chi connectivity index (χ0) is 6.85. The van der Waals surface area contributed by atoms with Crippen LogP contribution in [0.2, 0.25) is 0 Å². The van der Waals surface area contributed by atoms with Gasteiger partial charge in [0.1, 0.15) is 0 Å². The summed E-state index contributed by atoms with van der Waals surface area (Å²) in [6.45, 7) is 0.163. The molecule has 1 aliphatic rings. The summed E-state index contributed by atoms with van der Waals surface area (Å²) < 4.78 is 4.37. The molecule has 1 saturated heterocycles. The number of ether oxygens (including phenoxy) is 1. The molecule has 9 heavy (non-hydrogen) atoms. The third-order valence-corrected chi connectivity index (χ3v) is 1.04. The number of carbonyl (C=O) groups excluding carboxylic acids is 1. The van der Waals surface area contributed by atoms with Gasteiger partial charge in [0, 0.05) is 0 Å². The van der Waals surface area contributed by atoms with Gasteiger partial charge in [0.05, 0.1) is 6.54 Å². The molecule has 1 fully saturated rings. The average Bonchev–Trinajstić information content (AvgIpc) is 2.14. The number of amides is 1. The smallest absolute Gasteiger partial charge is 0.407 e. The molecule has 0 spiro atoms. The molecule has 1 amide bonds. The van der Waals surface area contributed by atoms with E-state index in [0.717, 1.165) is 0 Å². The van der Waals surface area contributed by atoms with E-state index in [2.05, 4.69) is 10.1 Å². The Bertz CT molecular complexity index is 124. The van der Waals surface area contributed by atoms with E-state index in [1.54, 1.807) is 0 Å². The normalized spacial score (nSPS) is 26.1. The van der Waals surface area contributed by atoms with Crippen LogP contribution in [0.15, 0.2) is 0 Å². The molecule has 1 aliphatic heterocycles. The molecule has 52 valence electrons. The van der Waals surface area contributed by atoms with Crippen molar-refractivity contribution in [3.05, 3.63) is 0 Å². The molecule has 0 aromatic heterocycles. The largest absolute Gasteiger partial charge is 0.439 e. The van der Waals surface area contributed by atoms with E-state index in [4.69, 9.17) is 10.2 Å². The van der Waals surface area contributed by atoms with Crippen molar-refractivity contribution in [3.63, 3.8) is 0 Å². The van der Waals surface area contributed by atoms with E-state index in [9.17, 15) is 4.79 Å². The lowest BCUT2D eigenvalue weighted by atomic mass is 10.3. The van der Waals surface area contributed by atoms with Gasteiger partial charge in [0.15, 0.2) is 12.4 Å². The number of aliphatic hydroxyl groups is 2. The maximum atomic E-state index is 10.2. The van der Waals surface area contributed by atoms with E-state index in [0.29, 0.717) is 0 Å². The quantitative estimate of drug-likeness (QED) is 0.376. The summed E-state index contributed by atoms with van der Waals surface area (Å²) in [6, 6.07) is 0. The molecule has 1 rings (SSSR count). The molecular weight excluding hydrogens is 126 g/mol. The molecule has 5 heteroatoms. The van der Waals surface area contributed by atoms with Crippen molar-refractivity contribution in [1.82, 2.24) is 5.32 Å². The fourth-order valence-corrected chi connectivity index (χ4v) is 0.571. The monoisotopic (exact) mass is 133 g/mol. The Balaban J connectivity index is 2.39. The van der Waals surface area contributed by atoms with Gasteiger partial charge in [-0.3, -0.25) is 0 Å². The number of hydrogen-bond acceptors (Lipinski definition) is 4. The van der Waals surface area contributed by atoms with Crippen molar-refractivity contribution in [2.45, 2.75) is 12.4 Å². The van der Waals surface area contributed by atoms with Crippen LogP contribution in [0.3, 0.4) is 0 Å². The molecule has 5 nitrogen and oxygen atoms in total. The molecule has 1 heterocycles. The summed E-state index contributed by atoms with van der Waals surface area (Å²) >= 11 is 0. The van der Waals surface area contributed by atoms with Gasteiger partial charge in [0.2, 0.25) is 0 Å². The molecule has 0 bridgehead atoms. The molecule has 0 aliphatic carbocycles. The van der Waals surface area contributed by atoms with Crippen molar-refractivity contribution in [2.24, 2.45) is 0 Å². The standard InChI is InChI=1S/C4H7NO4/c6-3(7)2-1-5-4(8)9-2/h2-3,6-7H,1H2,(H,5,8)/t2-/m0/s1. The first-order chi connectivity index (χ1) is 4.20. The number of cyclic esters (lactones) is 1. The van der Waals surface area contributed by atoms with Crippen LogP contribution in [0.5, 0.6) is 0 Å². The SMILES string of the molecule is O=C1NC[C@@H](C(O)O)O1. The Hall–Kier alpha value is -0.810. The predicted octanol–water partition coefficient (Wildman–Crippen LogP) is -1.59. The third-order valence-electron chi connectivity index (χ3n) is 1.04. The van der Waals surface area contributed by atoms with Gasteiger partial charge in [-0.15, -0.1) is 0 Å². The van der Waals surface area contributed by atoms with E-state index >= 15 is 0 Å². The average molecular weight is 133 g/mol. The summed E-state index contributed by atoms with van der Waals surface area (Å²) in [5.74, 6) is 0. The molecule has 1 atom stereocenters. The Morgan fingerprint density at radius 2 is 2.44 bits per heavy atom. The lowest BCUT2D eigenvalue weighted by Crippen LogP contribution is -2.28. The number of aliphatic hydroxyl groups excluding tert-OH is 1. The molecule has 0 unspecified atom stereocenters. The van der Waals surface area contributed by atoms with E-state index in [1.807, 2.05) is 0 Å². The zero-order valence-electron chi connectivity index (χ0n) is 4.57. The summed E-state index contributed by atoms with van der Waals surface area (Å²) in [6.07, 6.45) is -2.99. The van der Waals surface area contributed by atoms with Crippen molar-refractivity contribution in [1.29, 1.82) is 0 Å². The van der Waals surface area contributed by atoms with Crippen molar-refractivity contribution < 1.29 is 19.7 Å². The molecule has 0 aromatic carbocycles. The summed E-state index contributed by atoms with van der Waals surface area (Å²) in [5.41, 5.74) is 0. The van der Waals surface area contributed by atoms with Crippen molar-refractivity contribution in [2.75, 3.05) is 6.54 Å². The van der Waals surface area contributed by atoms with Crippen molar-refractivity contribution >= 4 is 6.09 Å². The van der Waals surface area contributed by atoms with Crippen LogP contribution < -0.4 is 5.32 Å². The Morgan fingerprint density at radius 1 is 1.78 bits per heavy atom. The summed E-state index contributed by atoms with van der Waals surface area (Å²) in [4.78, 5) is 10.2. The number of carbonyl (C=O) groups is 1. The van der Waals surface area contributed by atoms with Crippen LogP contribution in [0, 0.1) is 0 Å². The van der Waals surface area contributed by atoms with Crippen molar-refractivity contribution in [3.8, 4) is 0 Å². The second-order valence-corrected chi connectivity index (χ2v) is 1.74. The van der Waals surface area contributed by atoms with Gasteiger partial charge in [-0.05, 0) is 0 Å². The molecular formula is C4H7NO4. The van der Waals surface area contributed by atoms with Gasteiger partial charge < -0.3 is 20.3 Å². The topological polar surface area (TPSA) is 78.8 Å². The fraction of sp³-hybridized carbons (Fsp3) is 0.750. The lowest BCUT2D eigenvalue weighted by molar-refractivity contribution is -0.109. The second-order valence-electron chi connectivity index (χ2n) is 1.74. The number of hydrogen-bond donors (Lipinski definition) is 3. The highest BCUT2D eigenvalue weighted by atomic mass is 16.6. The highest BCUT2D eigenvalue weighted by Gasteiger charge is 2.27. The lowest BCUT2D eigenvalue weighted by Gasteiger charge is -2.07. The van der Waals surface area contributed by atoms with Gasteiger partial charge in [0.25, 0.3) is 0 Å². The van der Waals surface area contributed by atoms with Crippen LogP contribution >= 0.6 is 0 Å². The van der Waals surface area contributed by atoms with E-state index in [1.165, 1.54) is 0 Å². The van der Waals surface area contributed by atoms with E-state index < -0.39 is 18.5 Å². The Morgan fingerprint density at radius 3 is 2.67 bits per heavy atom. The molecule has 0 saturated carbocycles. The van der Waals surface area contributed by atoms with Gasteiger partial charge in [-0.2, -0.15) is 0 Å². The number of rotatable bonds is 1. The minimum Gasteiger partial charge on any atom is -0.439 e.